The van der Waals surface area contributed by atoms with Gasteiger partial charge in [-0.2, -0.15) is 0 Å². The summed E-state index contributed by atoms with van der Waals surface area (Å²) in [6.07, 6.45) is 8.95. The average molecular weight is 302 g/mol. The second-order valence-electron chi connectivity index (χ2n) is 4.36. The van der Waals surface area contributed by atoms with E-state index in [0.29, 0.717) is 5.89 Å². The highest BCUT2D eigenvalue weighted by Crippen LogP contribution is 2.28. The number of hydrogen-bond acceptors (Lipinski definition) is 2. The van der Waals surface area contributed by atoms with Crippen LogP contribution in [0.4, 0.5) is 0 Å². The summed E-state index contributed by atoms with van der Waals surface area (Å²) >= 11 is 3.50. The molecule has 3 rings (SSSR count). The Hall–Kier alpha value is -1.61. The molecule has 0 N–H and O–H groups in total. The van der Waals surface area contributed by atoms with Crippen molar-refractivity contribution in [1.82, 2.24) is 4.98 Å². The number of nitrogens with zero attached hydrogens (tertiary/aromatic N) is 1. The van der Waals surface area contributed by atoms with Gasteiger partial charge < -0.3 is 4.42 Å². The molecule has 1 aliphatic carbocycles. The van der Waals surface area contributed by atoms with Gasteiger partial charge in [0.15, 0.2) is 5.89 Å². The van der Waals surface area contributed by atoms with Crippen molar-refractivity contribution in [1.29, 1.82) is 0 Å². The Morgan fingerprint density at radius 1 is 1.33 bits per heavy atom. The molecule has 0 atom stereocenters. The Bertz CT molecular complexity index is 652. The second kappa shape index (κ2) is 4.58. The van der Waals surface area contributed by atoms with Gasteiger partial charge in [-0.05, 0) is 41.3 Å². The Balaban J connectivity index is 1.79. The topological polar surface area (TPSA) is 26.0 Å². The molecule has 2 nitrogen and oxygen atoms in total. The summed E-state index contributed by atoms with van der Waals surface area (Å²) in [5.74, 6) is 0.697. The van der Waals surface area contributed by atoms with E-state index in [1.165, 1.54) is 16.7 Å². The van der Waals surface area contributed by atoms with Crippen LogP contribution in [-0.2, 0) is 6.42 Å². The smallest absolute Gasteiger partial charge is 0.191 e. The maximum absolute atomic E-state index is 5.17. The van der Waals surface area contributed by atoms with Gasteiger partial charge in [-0.1, -0.05) is 34.1 Å². The number of benzene rings is 1. The van der Waals surface area contributed by atoms with Crippen LogP contribution in [0.25, 0.3) is 12.2 Å². The van der Waals surface area contributed by atoms with Crippen molar-refractivity contribution in [2.24, 2.45) is 0 Å². The molecule has 0 unspecified atom stereocenters. The van der Waals surface area contributed by atoms with Crippen LogP contribution >= 0.6 is 15.9 Å². The van der Waals surface area contributed by atoms with Gasteiger partial charge in [-0.25, -0.2) is 4.98 Å². The molecule has 0 aliphatic heterocycles. The van der Waals surface area contributed by atoms with E-state index < -0.39 is 0 Å². The highest BCUT2D eigenvalue weighted by Gasteiger charge is 2.10. The first-order valence-corrected chi connectivity index (χ1v) is 6.59. The lowest BCUT2D eigenvalue weighted by molar-refractivity contribution is 0.521. The lowest BCUT2D eigenvalue weighted by atomic mass is 10.1. The zero-order chi connectivity index (χ0) is 12.5. The molecule has 0 saturated heterocycles. The monoisotopic (exact) mass is 301 g/mol. The van der Waals surface area contributed by atoms with Crippen LogP contribution in [0.2, 0.25) is 0 Å². The second-order valence-corrected chi connectivity index (χ2v) is 5.28. The lowest BCUT2D eigenvalue weighted by Gasteiger charge is -1.97. The van der Waals surface area contributed by atoms with Gasteiger partial charge in [0, 0.05) is 11.4 Å². The van der Waals surface area contributed by atoms with Gasteiger partial charge in [-0.3, -0.25) is 0 Å². The fraction of sp³-hybridized carbons (Fsp3) is 0.133. The maximum atomic E-state index is 5.17. The molecule has 0 saturated carbocycles. The van der Waals surface area contributed by atoms with Crippen LogP contribution in [0.15, 0.2) is 45.0 Å². The van der Waals surface area contributed by atoms with E-state index in [9.17, 15) is 0 Å². The molecule has 1 heterocycles. The van der Waals surface area contributed by atoms with E-state index in [1.807, 2.05) is 13.0 Å². The number of halogens is 1. The molecule has 0 spiro atoms. The molecule has 0 fully saturated rings. The Labute approximate surface area is 114 Å². The summed E-state index contributed by atoms with van der Waals surface area (Å²) in [6, 6.07) is 6.39. The van der Waals surface area contributed by atoms with Crippen LogP contribution in [0.1, 0.15) is 22.7 Å². The third kappa shape index (κ3) is 2.31. The van der Waals surface area contributed by atoms with Crippen molar-refractivity contribution in [3.05, 3.63) is 63.3 Å². The molecule has 0 bridgehead atoms. The average Bonchev–Trinajstić information content (AvgIpc) is 2.92. The number of rotatable bonds is 2. The first-order chi connectivity index (χ1) is 8.70. The largest absolute Gasteiger partial charge is 0.449 e. The zero-order valence-electron chi connectivity index (χ0n) is 9.98. The fourth-order valence-corrected chi connectivity index (χ4v) is 2.50. The summed E-state index contributed by atoms with van der Waals surface area (Å²) in [4.78, 5) is 4.25. The number of oxazole rings is 1. The quantitative estimate of drug-likeness (QED) is 0.822. The van der Waals surface area contributed by atoms with Crippen molar-refractivity contribution in [2.75, 3.05) is 0 Å². The Kier molecular flexibility index (Phi) is 2.92. The van der Waals surface area contributed by atoms with E-state index in [0.717, 1.165) is 16.6 Å². The van der Waals surface area contributed by atoms with Crippen molar-refractivity contribution < 1.29 is 4.42 Å². The molecule has 18 heavy (non-hydrogen) atoms. The Morgan fingerprint density at radius 3 is 3.00 bits per heavy atom. The van der Waals surface area contributed by atoms with Crippen LogP contribution < -0.4 is 0 Å². The first-order valence-electron chi connectivity index (χ1n) is 5.80. The minimum absolute atomic E-state index is 0.697. The molecule has 1 aromatic heterocycles. The molecule has 2 aromatic rings. The number of allylic oxidation sites excluding steroid dienone is 2. The number of aromatic nitrogens is 1. The standard InChI is InChI=1S/C15H12BrNO/c1-10-17-15(9-18-10)5-2-11-6-12-3-4-14(16)8-13(12)7-11/h2-6,8-9H,7H2,1H3/b5-2+. The molecule has 1 aliphatic rings. The lowest BCUT2D eigenvalue weighted by Crippen LogP contribution is -1.82. The van der Waals surface area contributed by atoms with Crippen LogP contribution in [-0.4, -0.2) is 4.98 Å². The summed E-state index contributed by atoms with van der Waals surface area (Å²) < 4.78 is 6.30. The van der Waals surface area contributed by atoms with Crippen molar-refractivity contribution >= 4 is 28.1 Å². The summed E-state index contributed by atoms with van der Waals surface area (Å²) in [5, 5.41) is 0. The van der Waals surface area contributed by atoms with E-state index in [2.05, 4.69) is 51.3 Å². The van der Waals surface area contributed by atoms with E-state index in [1.54, 1.807) is 6.26 Å². The molecular formula is C15H12BrNO. The third-order valence-corrected chi connectivity index (χ3v) is 3.44. The molecule has 0 radical (unpaired) electrons. The SMILES string of the molecule is Cc1nc(/C=C/C2=Cc3ccc(Br)cc3C2)co1. The number of fused-ring (bicyclic) bond motifs is 1. The minimum atomic E-state index is 0.697. The van der Waals surface area contributed by atoms with Crippen LogP contribution in [0.5, 0.6) is 0 Å². The van der Waals surface area contributed by atoms with Crippen LogP contribution in [0, 0.1) is 6.92 Å². The predicted octanol–water partition coefficient (Wildman–Crippen LogP) is 4.40. The zero-order valence-corrected chi connectivity index (χ0v) is 11.6. The summed E-state index contributed by atoms with van der Waals surface area (Å²) in [6.45, 7) is 1.85. The van der Waals surface area contributed by atoms with Gasteiger partial charge >= 0.3 is 0 Å². The highest BCUT2D eigenvalue weighted by molar-refractivity contribution is 9.10. The van der Waals surface area contributed by atoms with Crippen molar-refractivity contribution in [3.63, 3.8) is 0 Å². The third-order valence-electron chi connectivity index (χ3n) is 2.95. The molecule has 1 aromatic carbocycles. The van der Waals surface area contributed by atoms with Gasteiger partial charge in [0.25, 0.3) is 0 Å². The van der Waals surface area contributed by atoms with Gasteiger partial charge in [0.2, 0.25) is 0 Å². The number of aryl methyl sites for hydroxylation is 1. The van der Waals surface area contributed by atoms with E-state index >= 15 is 0 Å². The predicted molar refractivity (Wildman–Crippen MR) is 76.1 cm³/mol. The molecule has 90 valence electrons. The molecule has 0 amide bonds. The first kappa shape index (κ1) is 11.5. The molecule has 3 heteroatoms. The van der Waals surface area contributed by atoms with Gasteiger partial charge in [0.1, 0.15) is 12.0 Å². The van der Waals surface area contributed by atoms with Crippen molar-refractivity contribution in [3.8, 4) is 0 Å². The minimum Gasteiger partial charge on any atom is -0.449 e. The highest BCUT2D eigenvalue weighted by atomic mass is 79.9. The van der Waals surface area contributed by atoms with Crippen molar-refractivity contribution in [2.45, 2.75) is 13.3 Å². The van der Waals surface area contributed by atoms with E-state index in [4.69, 9.17) is 4.42 Å². The Morgan fingerprint density at radius 2 is 2.22 bits per heavy atom. The van der Waals surface area contributed by atoms with E-state index in [-0.39, 0.29) is 0 Å². The van der Waals surface area contributed by atoms with Gasteiger partial charge in [-0.15, -0.1) is 0 Å². The summed E-state index contributed by atoms with van der Waals surface area (Å²) in [7, 11) is 0. The fourth-order valence-electron chi connectivity index (χ4n) is 2.10. The maximum Gasteiger partial charge on any atom is 0.191 e. The summed E-state index contributed by atoms with van der Waals surface area (Å²) in [5.41, 5.74) is 4.82. The number of hydrogen-bond donors (Lipinski definition) is 0. The van der Waals surface area contributed by atoms with Gasteiger partial charge in [0.05, 0.1) is 0 Å². The molecular weight excluding hydrogens is 290 g/mol. The van der Waals surface area contributed by atoms with Crippen LogP contribution in [0.3, 0.4) is 0 Å². The normalized spacial score (nSPS) is 14.0.